The number of ether oxygens (including phenoxy) is 1. The van der Waals surface area contributed by atoms with Crippen molar-refractivity contribution in [1.82, 2.24) is 24.2 Å². The van der Waals surface area contributed by atoms with E-state index in [1.54, 1.807) is 44.6 Å². The molecule has 0 amide bonds. The maximum Gasteiger partial charge on any atom is 0.244 e. The predicted molar refractivity (Wildman–Crippen MR) is 159 cm³/mol. The zero-order valence-electron chi connectivity index (χ0n) is 23.9. The highest BCUT2D eigenvalue weighted by Gasteiger charge is 2.28. The molecule has 40 heavy (non-hydrogen) atoms. The molecule has 1 aliphatic rings. The number of para-hydroxylation sites is 1. The van der Waals surface area contributed by atoms with Gasteiger partial charge in [-0.15, -0.1) is 0 Å². The highest BCUT2D eigenvalue weighted by atomic mass is 32.2. The number of likely N-dealkylation sites (N-methyl/N-ethyl adjacent to an activating group) is 1. The predicted octanol–water partition coefficient (Wildman–Crippen LogP) is 5.11. The summed E-state index contributed by atoms with van der Waals surface area (Å²) in [5.74, 6) is 1.54. The number of fused-ring (bicyclic) bond motifs is 2. The van der Waals surface area contributed by atoms with Gasteiger partial charge in [-0.25, -0.2) is 12.7 Å². The van der Waals surface area contributed by atoms with E-state index in [1.807, 2.05) is 26.8 Å². The van der Waals surface area contributed by atoms with Crippen LogP contribution in [-0.2, 0) is 23.0 Å². The van der Waals surface area contributed by atoms with Crippen molar-refractivity contribution in [3.05, 3.63) is 59.8 Å². The fraction of sp³-hybridized carbons (Fsp3) is 0.379. The number of hydrogen-bond acceptors (Lipinski definition) is 8. The first kappa shape index (κ1) is 27.9. The van der Waals surface area contributed by atoms with Gasteiger partial charge < -0.3 is 25.3 Å². The first-order valence-electron chi connectivity index (χ1n) is 13.3. The average molecular weight is 564 g/mol. The second kappa shape index (κ2) is 10.7. The quantitative estimate of drug-likeness (QED) is 0.271. The number of benzene rings is 2. The molecule has 1 aliphatic heterocycles. The Morgan fingerprint density at radius 3 is 2.60 bits per heavy atom. The molecule has 0 fully saturated rings. The largest absolute Gasteiger partial charge is 0.495 e. The summed E-state index contributed by atoms with van der Waals surface area (Å²) in [6, 6.07) is 12.9. The third-order valence-electron chi connectivity index (χ3n) is 6.91. The topological polar surface area (TPSA) is 115 Å². The second-order valence-corrected chi connectivity index (χ2v) is 13.5. The lowest BCUT2D eigenvalue weighted by molar-refractivity contribution is 0.311. The van der Waals surface area contributed by atoms with Crippen LogP contribution in [0.5, 0.6) is 5.75 Å². The molecule has 2 aromatic carbocycles. The van der Waals surface area contributed by atoms with Crippen LogP contribution in [0.15, 0.2) is 53.6 Å². The van der Waals surface area contributed by atoms with Gasteiger partial charge in [-0.3, -0.25) is 0 Å². The smallest absolute Gasteiger partial charge is 0.244 e. The average Bonchev–Trinajstić information content (AvgIpc) is 3.36. The van der Waals surface area contributed by atoms with Gasteiger partial charge in [-0.05, 0) is 60.3 Å². The van der Waals surface area contributed by atoms with Crippen molar-refractivity contribution in [3.8, 4) is 5.75 Å². The molecule has 0 saturated carbocycles. The Morgan fingerprint density at radius 2 is 1.85 bits per heavy atom. The minimum Gasteiger partial charge on any atom is -0.495 e. The summed E-state index contributed by atoms with van der Waals surface area (Å²) in [6.07, 6.45) is 2.75. The van der Waals surface area contributed by atoms with Crippen molar-refractivity contribution in [2.24, 2.45) is 5.41 Å². The molecule has 3 N–H and O–H groups in total. The molecule has 10 nitrogen and oxygen atoms in total. The molecular formula is C29H37N7O3S. The van der Waals surface area contributed by atoms with E-state index in [0.29, 0.717) is 35.4 Å². The zero-order valence-corrected chi connectivity index (χ0v) is 24.7. The summed E-state index contributed by atoms with van der Waals surface area (Å²) in [7, 11) is 1.61. The number of rotatable bonds is 8. The maximum absolute atomic E-state index is 13.6. The van der Waals surface area contributed by atoms with Crippen LogP contribution in [0.4, 0.5) is 23.1 Å². The van der Waals surface area contributed by atoms with Gasteiger partial charge in [0.25, 0.3) is 0 Å². The number of aromatic nitrogens is 3. The number of hydrogen-bond donors (Lipinski definition) is 3. The van der Waals surface area contributed by atoms with Crippen LogP contribution in [0.3, 0.4) is 0 Å². The number of sulfonamides is 1. The Balaban J connectivity index is 1.51. The van der Waals surface area contributed by atoms with Crippen LogP contribution in [0.2, 0.25) is 0 Å². The van der Waals surface area contributed by atoms with Crippen molar-refractivity contribution in [3.63, 3.8) is 0 Å². The molecule has 0 unspecified atom stereocenters. The molecule has 3 heterocycles. The summed E-state index contributed by atoms with van der Waals surface area (Å²) in [5.41, 5.74) is 4.13. The van der Waals surface area contributed by atoms with E-state index >= 15 is 0 Å². The van der Waals surface area contributed by atoms with E-state index in [9.17, 15) is 8.42 Å². The van der Waals surface area contributed by atoms with E-state index in [1.165, 1.54) is 15.4 Å². The second-order valence-electron chi connectivity index (χ2n) is 11.5. The van der Waals surface area contributed by atoms with Crippen LogP contribution in [0, 0.1) is 5.41 Å². The summed E-state index contributed by atoms with van der Waals surface area (Å²) in [5, 5.41) is 7.35. The third kappa shape index (κ3) is 5.77. The van der Waals surface area contributed by atoms with E-state index in [-0.39, 0.29) is 10.3 Å². The molecule has 212 valence electrons. The number of H-pyrrole nitrogens is 1. The lowest BCUT2D eigenvalue weighted by Crippen LogP contribution is -2.34. The van der Waals surface area contributed by atoms with Crippen molar-refractivity contribution in [1.29, 1.82) is 0 Å². The highest BCUT2D eigenvalue weighted by molar-refractivity contribution is 7.89. The Bertz CT molecular complexity index is 1640. The molecular weight excluding hydrogens is 526 g/mol. The number of aromatic amines is 1. The maximum atomic E-state index is 13.6. The van der Waals surface area contributed by atoms with Gasteiger partial charge in [0.05, 0.1) is 23.9 Å². The van der Waals surface area contributed by atoms with Crippen LogP contribution < -0.4 is 15.4 Å². The summed E-state index contributed by atoms with van der Waals surface area (Å²) < 4.78 is 34.2. The Morgan fingerprint density at radius 1 is 1.07 bits per heavy atom. The highest BCUT2D eigenvalue weighted by Crippen LogP contribution is 2.35. The Hall–Kier alpha value is -3.67. The van der Waals surface area contributed by atoms with Gasteiger partial charge in [-0.1, -0.05) is 32.9 Å². The summed E-state index contributed by atoms with van der Waals surface area (Å²) in [6.45, 7) is 8.27. The lowest BCUT2D eigenvalue weighted by Gasteiger charge is -2.27. The normalized spacial score (nSPS) is 14.4. The van der Waals surface area contributed by atoms with E-state index < -0.39 is 10.0 Å². The Kier molecular flexibility index (Phi) is 7.47. The first-order chi connectivity index (χ1) is 18.9. The fourth-order valence-electron chi connectivity index (χ4n) is 5.05. The van der Waals surface area contributed by atoms with Crippen molar-refractivity contribution >= 4 is 44.2 Å². The van der Waals surface area contributed by atoms with Gasteiger partial charge in [0.1, 0.15) is 22.1 Å². The standard InChI is InChI=1S/C29H37N7O3S/c1-29(2,3)18-36(5)40(37,38)25-10-8-7-9-22(25)31-27-21-11-13-30-26(21)33-28(34-27)32-23-15-20-17-35(4)14-12-19(20)16-24(23)39-6/h7-11,13,15-16H,12,14,17-18H2,1-6H3,(H3,30,31,32,33,34). The van der Waals surface area contributed by atoms with Crippen molar-refractivity contribution < 1.29 is 13.2 Å². The fourth-order valence-corrected chi connectivity index (χ4v) is 6.59. The lowest BCUT2D eigenvalue weighted by atomic mass is 9.97. The van der Waals surface area contributed by atoms with Gasteiger partial charge in [0.15, 0.2) is 0 Å². The van der Waals surface area contributed by atoms with Gasteiger partial charge in [0.2, 0.25) is 16.0 Å². The molecule has 2 aromatic heterocycles. The first-order valence-corrected chi connectivity index (χ1v) is 14.7. The van der Waals surface area contributed by atoms with Crippen LogP contribution in [0.1, 0.15) is 31.9 Å². The molecule has 0 aliphatic carbocycles. The van der Waals surface area contributed by atoms with Gasteiger partial charge >= 0.3 is 0 Å². The molecule has 11 heteroatoms. The van der Waals surface area contributed by atoms with E-state index in [0.717, 1.165) is 30.6 Å². The van der Waals surface area contributed by atoms with Gasteiger partial charge in [0, 0.05) is 32.9 Å². The van der Waals surface area contributed by atoms with Crippen LogP contribution in [0.25, 0.3) is 11.0 Å². The van der Waals surface area contributed by atoms with Crippen LogP contribution in [-0.4, -0.2) is 66.9 Å². The minimum absolute atomic E-state index is 0.180. The summed E-state index contributed by atoms with van der Waals surface area (Å²) >= 11 is 0. The molecule has 0 bridgehead atoms. The van der Waals surface area contributed by atoms with Crippen molar-refractivity contribution in [2.75, 3.05) is 44.9 Å². The molecule has 5 rings (SSSR count). The number of anilines is 4. The third-order valence-corrected chi connectivity index (χ3v) is 8.77. The van der Waals surface area contributed by atoms with E-state index in [2.05, 4.69) is 44.7 Å². The molecule has 4 aromatic rings. The van der Waals surface area contributed by atoms with Gasteiger partial charge in [-0.2, -0.15) is 9.97 Å². The SMILES string of the molecule is COc1cc2c(cc1Nc1nc(Nc3ccccc3S(=O)(=O)N(C)CC(C)(C)C)c3cc[nH]c3n1)CN(C)CC2. The Labute approximate surface area is 235 Å². The molecule has 0 radical (unpaired) electrons. The molecule has 0 saturated heterocycles. The molecule has 0 atom stereocenters. The number of nitrogens with one attached hydrogen (secondary N) is 3. The van der Waals surface area contributed by atoms with Crippen LogP contribution >= 0.6 is 0 Å². The number of methoxy groups -OCH3 is 1. The zero-order chi connectivity index (χ0) is 28.7. The number of nitrogens with zero attached hydrogens (tertiary/aromatic N) is 4. The van der Waals surface area contributed by atoms with E-state index in [4.69, 9.17) is 9.72 Å². The molecule has 0 spiro atoms. The van der Waals surface area contributed by atoms with Crippen molar-refractivity contribution in [2.45, 2.75) is 38.6 Å². The monoisotopic (exact) mass is 563 g/mol. The summed E-state index contributed by atoms with van der Waals surface area (Å²) in [4.78, 5) is 15.0. The minimum atomic E-state index is -3.76.